The summed E-state index contributed by atoms with van der Waals surface area (Å²) in [4.78, 5) is 10.9. The predicted octanol–water partition coefficient (Wildman–Crippen LogP) is 0.267. The Bertz CT molecular complexity index is 271. The van der Waals surface area contributed by atoms with Gasteiger partial charge in [0, 0.05) is 6.04 Å². The van der Waals surface area contributed by atoms with Crippen LogP contribution in [0.2, 0.25) is 0 Å². The molecular formula is C8H17NO4S. The number of carbonyl (C=O) groups excluding carboxylic acids is 1. The van der Waals surface area contributed by atoms with E-state index in [0.29, 0.717) is 0 Å². The van der Waals surface area contributed by atoms with Gasteiger partial charge in [-0.1, -0.05) is 0 Å². The summed E-state index contributed by atoms with van der Waals surface area (Å²) in [7, 11) is -3.35. The summed E-state index contributed by atoms with van der Waals surface area (Å²) >= 11 is 0. The molecule has 0 aromatic rings. The third-order valence-corrected chi connectivity index (χ3v) is 2.87. The quantitative estimate of drug-likeness (QED) is 0.656. The van der Waals surface area contributed by atoms with Crippen molar-refractivity contribution in [1.29, 1.82) is 0 Å². The zero-order valence-electron chi connectivity index (χ0n) is 8.74. The maximum Gasteiger partial charge on any atom is 0.306 e. The van der Waals surface area contributed by atoms with Gasteiger partial charge < -0.3 is 4.74 Å². The van der Waals surface area contributed by atoms with Crippen LogP contribution in [0, 0.1) is 0 Å². The predicted molar refractivity (Wildman–Crippen MR) is 53.3 cm³/mol. The van der Waals surface area contributed by atoms with Crippen molar-refractivity contribution in [3.8, 4) is 0 Å². The fourth-order valence-electron chi connectivity index (χ4n) is 0.869. The summed E-state index contributed by atoms with van der Waals surface area (Å²) < 4.78 is 29.5. The Morgan fingerprint density at radius 3 is 2.43 bits per heavy atom. The van der Waals surface area contributed by atoms with E-state index in [1.54, 1.807) is 20.8 Å². The van der Waals surface area contributed by atoms with Crippen LogP contribution in [0.4, 0.5) is 0 Å². The van der Waals surface area contributed by atoms with Crippen LogP contribution in [-0.4, -0.2) is 32.8 Å². The smallest absolute Gasteiger partial charge is 0.306 e. The summed E-state index contributed by atoms with van der Waals surface area (Å²) in [5.74, 6) is -0.703. The maximum absolute atomic E-state index is 11.2. The lowest BCUT2D eigenvalue weighted by Crippen LogP contribution is -2.33. The van der Waals surface area contributed by atoms with E-state index in [2.05, 4.69) is 9.46 Å². The second-order valence-electron chi connectivity index (χ2n) is 3.15. The molecule has 0 aromatic carbocycles. The van der Waals surface area contributed by atoms with Crippen molar-refractivity contribution in [2.24, 2.45) is 0 Å². The normalized spacial score (nSPS) is 11.7. The first-order valence-corrected chi connectivity index (χ1v) is 6.18. The fourth-order valence-corrected chi connectivity index (χ4v) is 2.14. The molecule has 0 aliphatic rings. The standard InChI is InChI=1S/C8H17NO4S/c1-4-13-8(10)5-6-14(11,12)9-7(2)3/h7,9H,4-6H2,1-3H3. The van der Waals surface area contributed by atoms with E-state index in [0.717, 1.165) is 0 Å². The summed E-state index contributed by atoms with van der Waals surface area (Å²) in [6, 6.07) is -0.151. The van der Waals surface area contributed by atoms with E-state index in [9.17, 15) is 13.2 Å². The monoisotopic (exact) mass is 223 g/mol. The van der Waals surface area contributed by atoms with Gasteiger partial charge in [-0.05, 0) is 20.8 Å². The molecule has 0 spiro atoms. The molecule has 1 N–H and O–H groups in total. The molecule has 0 amide bonds. The molecule has 84 valence electrons. The number of ether oxygens (including phenoxy) is 1. The van der Waals surface area contributed by atoms with Gasteiger partial charge in [0.05, 0.1) is 18.8 Å². The Hall–Kier alpha value is -0.620. The van der Waals surface area contributed by atoms with Crippen molar-refractivity contribution in [3.05, 3.63) is 0 Å². The van der Waals surface area contributed by atoms with Crippen molar-refractivity contribution in [2.75, 3.05) is 12.4 Å². The van der Waals surface area contributed by atoms with E-state index in [1.165, 1.54) is 0 Å². The van der Waals surface area contributed by atoms with Crippen LogP contribution >= 0.6 is 0 Å². The van der Waals surface area contributed by atoms with Gasteiger partial charge in [0.2, 0.25) is 10.0 Å². The van der Waals surface area contributed by atoms with Crippen LogP contribution in [0.5, 0.6) is 0 Å². The van der Waals surface area contributed by atoms with Crippen LogP contribution in [0.15, 0.2) is 0 Å². The molecule has 0 heterocycles. The van der Waals surface area contributed by atoms with Gasteiger partial charge in [0.1, 0.15) is 0 Å². The Morgan fingerprint density at radius 1 is 1.43 bits per heavy atom. The molecule has 0 bridgehead atoms. The molecule has 0 unspecified atom stereocenters. The zero-order chi connectivity index (χ0) is 11.2. The molecule has 0 aromatic heterocycles. The molecule has 14 heavy (non-hydrogen) atoms. The fraction of sp³-hybridized carbons (Fsp3) is 0.875. The van der Waals surface area contributed by atoms with Crippen molar-refractivity contribution >= 4 is 16.0 Å². The van der Waals surface area contributed by atoms with Gasteiger partial charge in [0.15, 0.2) is 0 Å². The zero-order valence-corrected chi connectivity index (χ0v) is 9.56. The Labute approximate surface area is 84.9 Å². The third-order valence-electron chi connectivity index (χ3n) is 1.30. The minimum absolute atomic E-state index is 0.101. The number of sulfonamides is 1. The van der Waals surface area contributed by atoms with Crippen LogP contribution < -0.4 is 4.72 Å². The van der Waals surface area contributed by atoms with Gasteiger partial charge in [-0.25, -0.2) is 13.1 Å². The van der Waals surface area contributed by atoms with Crippen molar-refractivity contribution in [3.63, 3.8) is 0 Å². The average molecular weight is 223 g/mol. The number of carbonyl (C=O) groups is 1. The minimum Gasteiger partial charge on any atom is -0.466 e. The molecule has 0 saturated heterocycles. The van der Waals surface area contributed by atoms with Crippen molar-refractivity contribution < 1.29 is 17.9 Å². The van der Waals surface area contributed by atoms with E-state index < -0.39 is 16.0 Å². The molecule has 6 heteroatoms. The van der Waals surface area contributed by atoms with Gasteiger partial charge in [-0.2, -0.15) is 0 Å². The number of hydrogen-bond donors (Lipinski definition) is 1. The summed E-state index contributed by atoms with van der Waals surface area (Å²) in [5, 5.41) is 0. The van der Waals surface area contributed by atoms with E-state index in [-0.39, 0.29) is 24.8 Å². The molecule has 0 saturated carbocycles. The number of hydrogen-bond acceptors (Lipinski definition) is 4. The highest BCUT2D eigenvalue weighted by molar-refractivity contribution is 7.89. The second kappa shape index (κ2) is 5.98. The first-order chi connectivity index (χ1) is 6.37. The van der Waals surface area contributed by atoms with Crippen LogP contribution in [0.3, 0.4) is 0 Å². The highest BCUT2D eigenvalue weighted by atomic mass is 32.2. The lowest BCUT2D eigenvalue weighted by Gasteiger charge is -2.08. The SMILES string of the molecule is CCOC(=O)CCS(=O)(=O)NC(C)C. The van der Waals surface area contributed by atoms with E-state index in [4.69, 9.17) is 0 Å². The number of esters is 1. The second-order valence-corrected chi connectivity index (χ2v) is 5.02. The van der Waals surface area contributed by atoms with E-state index in [1.807, 2.05) is 0 Å². The first-order valence-electron chi connectivity index (χ1n) is 4.53. The molecular weight excluding hydrogens is 206 g/mol. The number of rotatable bonds is 6. The van der Waals surface area contributed by atoms with Gasteiger partial charge in [-0.15, -0.1) is 0 Å². The molecule has 0 atom stereocenters. The van der Waals surface area contributed by atoms with Gasteiger partial charge >= 0.3 is 5.97 Å². The molecule has 0 aliphatic carbocycles. The van der Waals surface area contributed by atoms with E-state index >= 15 is 0 Å². The van der Waals surface area contributed by atoms with Gasteiger partial charge in [0.25, 0.3) is 0 Å². The van der Waals surface area contributed by atoms with Crippen molar-refractivity contribution in [1.82, 2.24) is 4.72 Å². The van der Waals surface area contributed by atoms with Crippen LogP contribution in [0.25, 0.3) is 0 Å². The Kier molecular flexibility index (Phi) is 5.71. The lowest BCUT2D eigenvalue weighted by atomic mass is 10.4. The first kappa shape index (κ1) is 13.4. The maximum atomic E-state index is 11.2. The Morgan fingerprint density at radius 2 is 2.00 bits per heavy atom. The molecule has 0 aliphatic heterocycles. The molecule has 0 fully saturated rings. The van der Waals surface area contributed by atoms with Crippen molar-refractivity contribution in [2.45, 2.75) is 33.2 Å². The summed E-state index contributed by atoms with van der Waals surface area (Å²) in [5.41, 5.74) is 0. The average Bonchev–Trinajstić information content (AvgIpc) is 1.99. The molecule has 5 nitrogen and oxygen atoms in total. The highest BCUT2D eigenvalue weighted by Crippen LogP contribution is 1.94. The minimum atomic E-state index is -3.35. The molecule has 0 rings (SSSR count). The largest absolute Gasteiger partial charge is 0.466 e. The third kappa shape index (κ3) is 6.85. The number of nitrogens with one attached hydrogen (secondary N) is 1. The Balaban J connectivity index is 3.94. The van der Waals surface area contributed by atoms with Crippen LogP contribution in [-0.2, 0) is 19.6 Å². The summed E-state index contributed by atoms with van der Waals surface area (Å²) in [6.07, 6.45) is -0.101. The van der Waals surface area contributed by atoms with Crippen LogP contribution in [0.1, 0.15) is 27.2 Å². The molecule has 0 radical (unpaired) electrons. The topological polar surface area (TPSA) is 72.5 Å². The highest BCUT2D eigenvalue weighted by Gasteiger charge is 2.14. The summed E-state index contributed by atoms with van der Waals surface area (Å²) in [6.45, 7) is 5.40. The lowest BCUT2D eigenvalue weighted by molar-refractivity contribution is -0.142. The van der Waals surface area contributed by atoms with Gasteiger partial charge in [-0.3, -0.25) is 4.79 Å².